The Morgan fingerprint density at radius 1 is 1.28 bits per heavy atom. The number of hydrogen-bond acceptors (Lipinski definition) is 4. The second-order valence-electron chi connectivity index (χ2n) is 6.63. The van der Waals surface area contributed by atoms with Crippen molar-refractivity contribution in [2.24, 2.45) is 0 Å². The Morgan fingerprint density at radius 2 is 2.12 bits per heavy atom. The van der Waals surface area contributed by atoms with Crippen LogP contribution in [0.3, 0.4) is 0 Å². The van der Waals surface area contributed by atoms with Gasteiger partial charge in [-0.25, -0.2) is 0 Å². The first-order valence-electron chi connectivity index (χ1n) is 9.05. The summed E-state index contributed by atoms with van der Waals surface area (Å²) in [6.07, 6.45) is 8.20. The summed E-state index contributed by atoms with van der Waals surface area (Å²) in [5.41, 5.74) is 3.25. The number of benzene rings is 1. The lowest BCUT2D eigenvalue weighted by Crippen LogP contribution is -2.26. The van der Waals surface area contributed by atoms with Gasteiger partial charge in [-0.3, -0.25) is 19.7 Å². The van der Waals surface area contributed by atoms with E-state index < -0.39 is 0 Å². The minimum Gasteiger partial charge on any atom is -0.351 e. The van der Waals surface area contributed by atoms with Gasteiger partial charge in [-0.2, -0.15) is 0 Å². The molecule has 1 aromatic heterocycles. The minimum atomic E-state index is -0.0457. The van der Waals surface area contributed by atoms with Crippen molar-refractivity contribution in [1.82, 2.24) is 20.2 Å². The molecule has 5 heteroatoms. The van der Waals surface area contributed by atoms with Crippen molar-refractivity contribution in [2.45, 2.75) is 45.2 Å². The van der Waals surface area contributed by atoms with E-state index in [1.165, 1.54) is 18.9 Å². The van der Waals surface area contributed by atoms with Crippen molar-refractivity contribution >= 4 is 5.91 Å². The van der Waals surface area contributed by atoms with Gasteiger partial charge in [-0.15, -0.1) is 0 Å². The lowest BCUT2D eigenvalue weighted by molar-refractivity contribution is -0.119. The summed E-state index contributed by atoms with van der Waals surface area (Å²) in [6, 6.07) is 11.0. The maximum absolute atomic E-state index is 11.1. The first-order valence-corrected chi connectivity index (χ1v) is 9.05. The van der Waals surface area contributed by atoms with Crippen molar-refractivity contribution in [1.29, 1.82) is 0 Å². The third kappa shape index (κ3) is 5.10. The normalized spacial score (nSPS) is 17.6. The lowest BCUT2D eigenvalue weighted by atomic mass is 10.1. The molecule has 1 saturated heterocycles. The van der Waals surface area contributed by atoms with E-state index in [1.807, 2.05) is 6.20 Å². The number of hydrogen-bond donors (Lipinski definition) is 1. The molecule has 3 rings (SSSR count). The van der Waals surface area contributed by atoms with E-state index in [4.69, 9.17) is 4.98 Å². The van der Waals surface area contributed by atoms with Crippen LogP contribution in [-0.4, -0.2) is 33.9 Å². The highest BCUT2D eigenvalue weighted by atomic mass is 16.1. The topological polar surface area (TPSA) is 58.1 Å². The smallest absolute Gasteiger partial charge is 0.217 e. The molecule has 2 aromatic rings. The Bertz CT molecular complexity index is 689. The van der Waals surface area contributed by atoms with Crippen LogP contribution >= 0.6 is 0 Å². The van der Waals surface area contributed by atoms with Gasteiger partial charge in [0.15, 0.2) is 0 Å². The third-order valence-electron chi connectivity index (χ3n) is 4.68. The molecule has 1 fully saturated rings. The van der Waals surface area contributed by atoms with Crippen LogP contribution in [0.25, 0.3) is 0 Å². The fraction of sp³-hybridized carbons (Fsp3) is 0.450. The molecule has 0 saturated carbocycles. The maximum atomic E-state index is 11.1. The van der Waals surface area contributed by atoms with Crippen LogP contribution in [0.4, 0.5) is 0 Å². The molecule has 1 aliphatic heterocycles. The Kier molecular flexibility index (Phi) is 6.12. The zero-order valence-corrected chi connectivity index (χ0v) is 14.8. The van der Waals surface area contributed by atoms with E-state index in [-0.39, 0.29) is 5.91 Å². The fourth-order valence-corrected chi connectivity index (χ4v) is 3.44. The van der Waals surface area contributed by atoms with Gasteiger partial charge in [0.1, 0.15) is 0 Å². The Morgan fingerprint density at radius 3 is 2.92 bits per heavy atom. The molecule has 1 amide bonds. The summed E-state index contributed by atoms with van der Waals surface area (Å²) in [6.45, 7) is 4.16. The molecule has 1 atom stereocenters. The maximum Gasteiger partial charge on any atom is 0.217 e. The fourth-order valence-electron chi connectivity index (χ4n) is 3.44. The molecule has 2 heterocycles. The quantitative estimate of drug-likeness (QED) is 0.843. The zero-order chi connectivity index (χ0) is 17.5. The molecule has 1 unspecified atom stereocenters. The molecule has 5 nitrogen and oxygen atoms in total. The molecule has 0 radical (unpaired) electrons. The molecule has 0 aliphatic carbocycles. The molecular formula is C20H26N4O. The zero-order valence-electron chi connectivity index (χ0n) is 14.8. The monoisotopic (exact) mass is 338 g/mol. The summed E-state index contributed by atoms with van der Waals surface area (Å²) in [4.78, 5) is 22.7. The van der Waals surface area contributed by atoms with Gasteiger partial charge in [0.25, 0.3) is 0 Å². The molecule has 132 valence electrons. The Balaban J connectivity index is 1.57. The van der Waals surface area contributed by atoms with Crippen LogP contribution in [-0.2, 0) is 17.8 Å². The number of amides is 1. The van der Waals surface area contributed by atoms with Crippen molar-refractivity contribution < 1.29 is 4.79 Å². The van der Waals surface area contributed by atoms with Gasteiger partial charge in [0.05, 0.1) is 36.4 Å². The largest absolute Gasteiger partial charge is 0.351 e. The van der Waals surface area contributed by atoms with Crippen LogP contribution in [0.5, 0.6) is 0 Å². The van der Waals surface area contributed by atoms with E-state index in [9.17, 15) is 4.79 Å². The van der Waals surface area contributed by atoms with Gasteiger partial charge in [0, 0.05) is 6.92 Å². The number of rotatable bonds is 7. The molecule has 1 N–H and O–H groups in total. The summed E-state index contributed by atoms with van der Waals surface area (Å²) in [5.74, 6) is -0.0457. The number of carbonyl (C=O) groups excluding carboxylic acids is 1. The number of nitrogens with one attached hydrogen (secondary N) is 1. The van der Waals surface area contributed by atoms with Gasteiger partial charge in [0.2, 0.25) is 5.91 Å². The second kappa shape index (κ2) is 8.72. The van der Waals surface area contributed by atoms with E-state index in [1.54, 1.807) is 6.20 Å². The van der Waals surface area contributed by atoms with E-state index in [0.717, 1.165) is 43.7 Å². The van der Waals surface area contributed by atoms with Crippen LogP contribution in [0.2, 0.25) is 0 Å². The standard InChI is InChI=1S/C20H26N4O/c1-16(25)22-14-18-13-21-15-19(23-18)20-10-6-12-24(20)11-5-9-17-7-3-2-4-8-17/h2-4,7-8,13,15,20H,5-6,9-12,14H2,1H3,(H,22,25). The summed E-state index contributed by atoms with van der Waals surface area (Å²) >= 11 is 0. The number of likely N-dealkylation sites (tertiary alicyclic amines) is 1. The van der Waals surface area contributed by atoms with Crippen molar-refractivity contribution in [3.05, 3.63) is 59.7 Å². The average molecular weight is 338 g/mol. The van der Waals surface area contributed by atoms with Gasteiger partial charge in [-0.1, -0.05) is 30.3 Å². The van der Waals surface area contributed by atoms with Crippen LogP contribution in [0, 0.1) is 0 Å². The van der Waals surface area contributed by atoms with E-state index in [0.29, 0.717) is 12.6 Å². The van der Waals surface area contributed by atoms with Gasteiger partial charge < -0.3 is 5.32 Å². The molecule has 1 aliphatic rings. The highest BCUT2D eigenvalue weighted by Crippen LogP contribution is 2.30. The minimum absolute atomic E-state index is 0.0457. The molecule has 0 bridgehead atoms. The van der Waals surface area contributed by atoms with Crippen LogP contribution in [0.1, 0.15) is 49.2 Å². The predicted octanol–water partition coefficient (Wildman–Crippen LogP) is 2.88. The second-order valence-corrected chi connectivity index (χ2v) is 6.63. The van der Waals surface area contributed by atoms with Crippen LogP contribution in [0.15, 0.2) is 42.7 Å². The Hall–Kier alpha value is -2.27. The van der Waals surface area contributed by atoms with Crippen LogP contribution < -0.4 is 5.32 Å². The average Bonchev–Trinajstić information content (AvgIpc) is 3.10. The van der Waals surface area contributed by atoms with E-state index >= 15 is 0 Å². The number of aryl methyl sites for hydroxylation is 1. The van der Waals surface area contributed by atoms with Crippen molar-refractivity contribution in [3.63, 3.8) is 0 Å². The number of nitrogens with zero attached hydrogens (tertiary/aromatic N) is 3. The predicted molar refractivity (Wildman–Crippen MR) is 97.9 cm³/mol. The Labute approximate surface area is 149 Å². The third-order valence-corrected chi connectivity index (χ3v) is 4.68. The highest BCUT2D eigenvalue weighted by molar-refractivity contribution is 5.72. The van der Waals surface area contributed by atoms with Gasteiger partial charge in [-0.05, 0) is 44.3 Å². The highest BCUT2D eigenvalue weighted by Gasteiger charge is 2.27. The van der Waals surface area contributed by atoms with Gasteiger partial charge >= 0.3 is 0 Å². The molecule has 25 heavy (non-hydrogen) atoms. The first kappa shape index (κ1) is 17.5. The van der Waals surface area contributed by atoms with E-state index in [2.05, 4.69) is 45.5 Å². The van der Waals surface area contributed by atoms with Crippen molar-refractivity contribution in [2.75, 3.05) is 13.1 Å². The first-order chi connectivity index (χ1) is 12.2. The summed E-state index contributed by atoms with van der Waals surface area (Å²) in [7, 11) is 0. The molecule has 0 spiro atoms. The summed E-state index contributed by atoms with van der Waals surface area (Å²) < 4.78 is 0. The lowest BCUT2D eigenvalue weighted by Gasteiger charge is -2.24. The van der Waals surface area contributed by atoms with Crippen molar-refractivity contribution in [3.8, 4) is 0 Å². The molecule has 1 aromatic carbocycles. The molecular weight excluding hydrogens is 312 g/mol. The summed E-state index contributed by atoms with van der Waals surface area (Å²) in [5, 5.41) is 2.79. The number of aromatic nitrogens is 2. The SMILES string of the molecule is CC(=O)NCc1cncc(C2CCCN2CCCc2ccccc2)n1. The number of carbonyl (C=O) groups is 1.